The van der Waals surface area contributed by atoms with Gasteiger partial charge in [0.1, 0.15) is 0 Å². The molecule has 0 atom stereocenters. The summed E-state index contributed by atoms with van der Waals surface area (Å²) in [5.41, 5.74) is 2.02. The van der Waals surface area contributed by atoms with Crippen molar-refractivity contribution in [3.8, 4) is 0 Å². The summed E-state index contributed by atoms with van der Waals surface area (Å²) in [6.07, 6.45) is 0. The van der Waals surface area contributed by atoms with Crippen LogP contribution in [0.3, 0.4) is 0 Å². The van der Waals surface area contributed by atoms with Crippen molar-refractivity contribution in [2.75, 3.05) is 0 Å². The van der Waals surface area contributed by atoms with Gasteiger partial charge in [-0.1, -0.05) is 69.2 Å². The molecule has 0 aromatic heterocycles. The van der Waals surface area contributed by atoms with Gasteiger partial charge in [-0.25, -0.2) is 0 Å². The summed E-state index contributed by atoms with van der Waals surface area (Å²) in [4.78, 5) is 0. The molecule has 4 saturated carbocycles. The second-order valence-electron chi connectivity index (χ2n) is 9.79. The van der Waals surface area contributed by atoms with Crippen LogP contribution in [0.2, 0.25) is 0 Å². The van der Waals surface area contributed by atoms with E-state index in [1.807, 2.05) is 0 Å². The number of rotatable bonds is 0. The predicted molar refractivity (Wildman–Crippen MR) is 87.4 cm³/mol. The molecule has 4 rings (SSSR count). The van der Waals surface area contributed by atoms with Crippen LogP contribution in [0.4, 0.5) is 0 Å². The Morgan fingerprint density at radius 2 is 0.450 bits per heavy atom. The van der Waals surface area contributed by atoms with E-state index in [1.165, 1.54) is 0 Å². The summed E-state index contributed by atoms with van der Waals surface area (Å²) < 4.78 is 0. The highest BCUT2D eigenvalue weighted by atomic mass is 14.8. The van der Waals surface area contributed by atoms with Crippen LogP contribution in [0.15, 0.2) is 0 Å². The highest BCUT2D eigenvalue weighted by molar-refractivity contribution is 5.26. The molecule has 0 N–H and O–H groups in total. The quantitative estimate of drug-likeness (QED) is 0.519. The molecular formula is C20H36. The van der Waals surface area contributed by atoms with E-state index in [2.05, 4.69) is 69.2 Å². The van der Waals surface area contributed by atoms with Crippen molar-refractivity contribution in [2.24, 2.45) is 57.2 Å². The molecule has 0 radical (unpaired) electrons. The van der Waals surface area contributed by atoms with E-state index in [0.29, 0.717) is 21.7 Å². The average molecular weight is 277 g/mol. The van der Waals surface area contributed by atoms with Gasteiger partial charge in [-0.3, -0.25) is 0 Å². The number of hydrogen-bond acceptors (Lipinski definition) is 0. The topological polar surface area (TPSA) is 0 Å². The highest BCUT2D eigenvalue weighted by Gasteiger charge is 2.79. The third-order valence-electron chi connectivity index (χ3n) is 11.2. The van der Waals surface area contributed by atoms with Crippen LogP contribution in [0.25, 0.3) is 0 Å². The molecule has 0 spiro atoms. The van der Waals surface area contributed by atoms with E-state index in [0.717, 1.165) is 35.5 Å². The van der Waals surface area contributed by atoms with Crippen molar-refractivity contribution < 1.29 is 0 Å². The van der Waals surface area contributed by atoms with Crippen molar-refractivity contribution >= 4 is 0 Å². The number of hydrogen-bond donors (Lipinski definition) is 0. The van der Waals surface area contributed by atoms with Crippen molar-refractivity contribution in [1.29, 1.82) is 0 Å². The Kier molecular flexibility index (Phi) is 2.60. The van der Waals surface area contributed by atoms with Crippen molar-refractivity contribution in [3.63, 3.8) is 0 Å². The van der Waals surface area contributed by atoms with Crippen molar-refractivity contribution in [3.05, 3.63) is 0 Å². The van der Waals surface area contributed by atoms with Gasteiger partial charge in [-0.15, -0.1) is 0 Å². The van der Waals surface area contributed by atoms with Crippen LogP contribution in [0.5, 0.6) is 0 Å². The minimum Gasteiger partial charge on any atom is -0.0614 e. The van der Waals surface area contributed by atoms with Gasteiger partial charge in [-0.05, 0) is 57.2 Å². The van der Waals surface area contributed by atoms with Gasteiger partial charge in [0.2, 0.25) is 0 Å². The van der Waals surface area contributed by atoms with E-state index < -0.39 is 0 Å². The molecule has 4 fully saturated rings. The van der Waals surface area contributed by atoms with Crippen LogP contribution in [0, 0.1) is 57.2 Å². The first-order chi connectivity index (χ1) is 8.93. The SMILES string of the molecule is CC1C2(C)C(C)C3(C)C(C)C1(C)C(C)C(C)(C2C)C3C. The Balaban J connectivity index is 2.35. The third-order valence-corrected chi connectivity index (χ3v) is 11.2. The summed E-state index contributed by atoms with van der Waals surface area (Å²) in [6, 6.07) is 0. The molecule has 0 heteroatoms. The van der Waals surface area contributed by atoms with Crippen molar-refractivity contribution in [1.82, 2.24) is 0 Å². The summed E-state index contributed by atoms with van der Waals surface area (Å²) >= 11 is 0. The molecule has 0 aromatic rings. The maximum atomic E-state index is 2.63. The van der Waals surface area contributed by atoms with Gasteiger partial charge >= 0.3 is 0 Å². The normalized spacial score (nSPS) is 72.3. The van der Waals surface area contributed by atoms with E-state index in [1.54, 1.807) is 0 Å². The van der Waals surface area contributed by atoms with Crippen LogP contribution in [-0.2, 0) is 0 Å². The molecule has 4 aliphatic rings. The molecule has 4 bridgehead atoms. The summed E-state index contributed by atoms with van der Waals surface area (Å²) in [7, 11) is 0. The maximum Gasteiger partial charge on any atom is -0.0233 e. The second-order valence-corrected chi connectivity index (χ2v) is 9.79. The van der Waals surface area contributed by atoms with Gasteiger partial charge in [0.25, 0.3) is 0 Å². The summed E-state index contributed by atoms with van der Waals surface area (Å²) in [5.74, 6) is 4.99. The molecule has 0 saturated heterocycles. The molecule has 116 valence electrons. The van der Waals surface area contributed by atoms with E-state index in [9.17, 15) is 0 Å². The van der Waals surface area contributed by atoms with Crippen LogP contribution < -0.4 is 0 Å². The second kappa shape index (κ2) is 3.49. The zero-order chi connectivity index (χ0) is 15.5. The fraction of sp³-hybridized carbons (Fsp3) is 1.00. The maximum absolute atomic E-state index is 2.63. The zero-order valence-electron chi connectivity index (χ0n) is 15.5. The van der Waals surface area contributed by atoms with E-state index >= 15 is 0 Å². The Morgan fingerprint density at radius 3 is 0.550 bits per heavy atom. The Labute approximate surface area is 127 Å². The van der Waals surface area contributed by atoms with Gasteiger partial charge in [0.15, 0.2) is 0 Å². The minimum absolute atomic E-state index is 0.504. The van der Waals surface area contributed by atoms with Gasteiger partial charge in [0, 0.05) is 0 Å². The largest absolute Gasteiger partial charge is 0.0614 e. The predicted octanol–water partition coefficient (Wildman–Crippen LogP) is 5.87. The van der Waals surface area contributed by atoms with Gasteiger partial charge < -0.3 is 0 Å². The lowest BCUT2D eigenvalue weighted by atomic mass is 9.21. The molecule has 0 amide bonds. The molecule has 4 aliphatic carbocycles. The Bertz CT molecular complexity index is 308. The minimum atomic E-state index is 0.504. The lowest BCUT2D eigenvalue weighted by molar-refractivity contribution is -0.363. The van der Waals surface area contributed by atoms with Gasteiger partial charge in [0.05, 0.1) is 0 Å². The molecule has 0 heterocycles. The molecule has 0 unspecified atom stereocenters. The molecular weight excluding hydrogens is 240 g/mol. The molecule has 0 aliphatic heterocycles. The lowest BCUT2D eigenvalue weighted by Gasteiger charge is -2.84. The fourth-order valence-electron chi connectivity index (χ4n) is 8.52. The van der Waals surface area contributed by atoms with Crippen LogP contribution >= 0.6 is 0 Å². The summed E-state index contributed by atoms with van der Waals surface area (Å²) in [6.45, 7) is 26.0. The smallest absolute Gasteiger partial charge is 0.0233 e. The Hall–Kier alpha value is 0. The molecule has 0 aromatic carbocycles. The lowest BCUT2D eigenvalue weighted by Crippen LogP contribution is -2.79. The van der Waals surface area contributed by atoms with E-state index in [4.69, 9.17) is 0 Å². The first kappa shape index (κ1) is 14.9. The fourth-order valence-corrected chi connectivity index (χ4v) is 8.52. The first-order valence-corrected chi connectivity index (χ1v) is 8.93. The van der Waals surface area contributed by atoms with Gasteiger partial charge in [-0.2, -0.15) is 0 Å². The Morgan fingerprint density at radius 1 is 0.350 bits per heavy atom. The third kappa shape index (κ3) is 1.00. The standard InChI is InChI=1S/C20H36/c1-11-17(7)12(2)19(9)14(4)18(11,8)15(5)20(10,13(17)3)16(19)6/h11-16H,1-10H3. The molecule has 20 heavy (non-hydrogen) atoms. The highest BCUT2D eigenvalue weighted by Crippen LogP contribution is 2.84. The van der Waals surface area contributed by atoms with Crippen molar-refractivity contribution in [2.45, 2.75) is 69.2 Å². The molecule has 0 nitrogen and oxygen atoms in total. The average Bonchev–Trinajstić information content (AvgIpc) is 2.43. The monoisotopic (exact) mass is 276 g/mol. The van der Waals surface area contributed by atoms with E-state index in [-0.39, 0.29) is 0 Å². The van der Waals surface area contributed by atoms with Crippen LogP contribution in [-0.4, -0.2) is 0 Å². The summed E-state index contributed by atoms with van der Waals surface area (Å²) in [5, 5.41) is 0. The zero-order valence-corrected chi connectivity index (χ0v) is 15.5. The van der Waals surface area contributed by atoms with Crippen LogP contribution in [0.1, 0.15) is 69.2 Å². The first-order valence-electron chi connectivity index (χ1n) is 8.93.